The van der Waals surface area contributed by atoms with Crippen LogP contribution in [0.1, 0.15) is 11.1 Å². The van der Waals surface area contributed by atoms with Gasteiger partial charge >= 0.3 is 0 Å². The molecule has 0 saturated carbocycles. The lowest BCUT2D eigenvalue weighted by molar-refractivity contribution is 0.350. The molecule has 62 valence electrons. The second-order valence-electron chi connectivity index (χ2n) is 2.54. The molecule has 2 rings (SSSR count). The highest BCUT2D eigenvalue weighted by Crippen LogP contribution is 2.42. The molecule has 12 heavy (non-hydrogen) atoms. The van der Waals surface area contributed by atoms with Gasteiger partial charge in [-0.2, -0.15) is 0 Å². The molecule has 3 heteroatoms. The zero-order valence-corrected chi connectivity index (χ0v) is 8.05. The third-order valence-electron chi connectivity index (χ3n) is 1.91. The van der Waals surface area contributed by atoms with Crippen molar-refractivity contribution in [2.75, 3.05) is 7.11 Å². The van der Waals surface area contributed by atoms with Crippen LogP contribution in [0.4, 0.5) is 0 Å². The Morgan fingerprint density at radius 2 is 2.17 bits per heavy atom. The Kier molecular flexibility index (Phi) is 1.61. The molecule has 0 aromatic heterocycles. The average Bonchev–Trinajstić information content (AvgIpc) is 2.04. The smallest absolute Gasteiger partial charge is 0.169 e. The van der Waals surface area contributed by atoms with Crippen molar-refractivity contribution in [2.45, 2.75) is 0 Å². The molecule has 1 aromatic rings. The van der Waals surface area contributed by atoms with Gasteiger partial charge in [-0.05, 0) is 6.07 Å². The molecule has 0 bridgehead atoms. The second-order valence-corrected chi connectivity index (χ2v) is 3.40. The highest BCUT2D eigenvalue weighted by molar-refractivity contribution is 9.10. The van der Waals surface area contributed by atoms with Crippen LogP contribution in [0.25, 0.3) is 11.5 Å². The van der Waals surface area contributed by atoms with Crippen molar-refractivity contribution in [1.29, 1.82) is 0 Å². The van der Waals surface area contributed by atoms with Crippen molar-refractivity contribution in [3.05, 3.63) is 33.8 Å². The normalized spacial score (nSPS) is 13.8. The van der Waals surface area contributed by atoms with Crippen LogP contribution in [0.3, 0.4) is 0 Å². The monoisotopic (exact) mass is 226 g/mol. The summed E-state index contributed by atoms with van der Waals surface area (Å²) in [6.45, 7) is 0. The van der Waals surface area contributed by atoms with Gasteiger partial charge in [-0.15, -0.1) is 0 Å². The van der Waals surface area contributed by atoms with E-state index in [4.69, 9.17) is 4.74 Å². The number of benzene rings is 1. The zero-order valence-electron chi connectivity index (χ0n) is 6.47. The highest BCUT2D eigenvalue weighted by Gasteiger charge is 2.28. The van der Waals surface area contributed by atoms with Crippen molar-refractivity contribution < 1.29 is 9.84 Å². The third kappa shape index (κ3) is 0.799. The van der Waals surface area contributed by atoms with Crippen molar-refractivity contribution in [3.63, 3.8) is 0 Å². The van der Waals surface area contributed by atoms with Crippen molar-refractivity contribution >= 4 is 27.4 Å². The van der Waals surface area contributed by atoms with E-state index in [0.717, 1.165) is 15.6 Å². The first-order valence-corrected chi connectivity index (χ1v) is 4.31. The second kappa shape index (κ2) is 2.52. The van der Waals surface area contributed by atoms with Crippen molar-refractivity contribution in [3.8, 4) is 0 Å². The number of hydrogen-bond donors (Lipinski definition) is 1. The van der Waals surface area contributed by atoms with E-state index in [-0.39, 0.29) is 5.76 Å². The van der Waals surface area contributed by atoms with E-state index in [2.05, 4.69) is 15.9 Å². The maximum Gasteiger partial charge on any atom is 0.169 e. The minimum absolute atomic E-state index is 0.236. The number of methoxy groups -OCH3 is 1. The van der Waals surface area contributed by atoms with Gasteiger partial charge in [-0.25, -0.2) is 0 Å². The predicted octanol–water partition coefficient (Wildman–Crippen LogP) is 2.79. The lowest BCUT2D eigenvalue weighted by Crippen LogP contribution is -2.08. The number of aliphatic hydroxyl groups excluding tert-OH is 1. The summed E-state index contributed by atoms with van der Waals surface area (Å²) < 4.78 is 5.89. The maximum absolute atomic E-state index is 9.47. The molecule has 2 nitrogen and oxygen atoms in total. The SMILES string of the molecule is COC1=C(O)c2c(Br)cccc21. The molecule has 1 aliphatic carbocycles. The molecule has 0 fully saturated rings. The molecule has 1 aliphatic rings. The summed E-state index contributed by atoms with van der Waals surface area (Å²) in [5.41, 5.74) is 1.80. The van der Waals surface area contributed by atoms with Crippen molar-refractivity contribution in [1.82, 2.24) is 0 Å². The van der Waals surface area contributed by atoms with Crippen LogP contribution in [0.2, 0.25) is 0 Å². The molecule has 0 aliphatic heterocycles. The van der Waals surface area contributed by atoms with Gasteiger partial charge in [0.2, 0.25) is 0 Å². The van der Waals surface area contributed by atoms with Crippen LogP contribution < -0.4 is 0 Å². The lowest BCUT2D eigenvalue weighted by atomic mass is 9.93. The van der Waals surface area contributed by atoms with E-state index in [1.165, 1.54) is 0 Å². The molecule has 0 radical (unpaired) electrons. The molecule has 1 N–H and O–H groups in total. The fraction of sp³-hybridized carbons (Fsp3) is 0.111. The van der Waals surface area contributed by atoms with Gasteiger partial charge in [0, 0.05) is 15.6 Å². The van der Waals surface area contributed by atoms with Gasteiger partial charge in [-0.1, -0.05) is 28.1 Å². The number of aliphatic hydroxyl groups is 1. The van der Waals surface area contributed by atoms with Gasteiger partial charge in [0.15, 0.2) is 11.5 Å². The summed E-state index contributed by atoms with van der Waals surface area (Å²) in [6.07, 6.45) is 0. The number of fused-ring (bicyclic) bond motifs is 1. The lowest BCUT2D eigenvalue weighted by Gasteiger charge is -2.22. The number of ether oxygens (including phenoxy) is 1. The molecule has 1 aromatic carbocycles. The Balaban J connectivity index is 2.57. The predicted molar refractivity (Wildman–Crippen MR) is 50.6 cm³/mol. The first-order valence-electron chi connectivity index (χ1n) is 3.52. The quantitative estimate of drug-likeness (QED) is 0.799. The van der Waals surface area contributed by atoms with Gasteiger partial charge in [-0.3, -0.25) is 0 Å². The van der Waals surface area contributed by atoms with Gasteiger partial charge < -0.3 is 9.84 Å². The van der Waals surface area contributed by atoms with Crippen LogP contribution in [-0.4, -0.2) is 12.2 Å². The minimum atomic E-state index is 0.236. The summed E-state index contributed by atoms with van der Waals surface area (Å²) in [7, 11) is 1.55. The summed E-state index contributed by atoms with van der Waals surface area (Å²) in [6, 6.07) is 5.72. The van der Waals surface area contributed by atoms with E-state index in [9.17, 15) is 5.11 Å². The van der Waals surface area contributed by atoms with Crippen molar-refractivity contribution in [2.24, 2.45) is 0 Å². The van der Waals surface area contributed by atoms with E-state index >= 15 is 0 Å². The molecule has 0 atom stereocenters. The van der Waals surface area contributed by atoms with E-state index in [1.807, 2.05) is 18.2 Å². The molecule has 0 spiro atoms. The average molecular weight is 227 g/mol. The van der Waals surface area contributed by atoms with Gasteiger partial charge in [0.05, 0.1) is 7.11 Å². The third-order valence-corrected chi connectivity index (χ3v) is 2.58. The van der Waals surface area contributed by atoms with Gasteiger partial charge in [0.1, 0.15) is 0 Å². The maximum atomic E-state index is 9.47. The highest BCUT2D eigenvalue weighted by atomic mass is 79.9. The van der Waals surface area contributed by atoms with Crippen LogP contribution in [0, 0.1) is 0 Å². The Morgan fingerprint density at radius 1 is 1.42 bits per heavy atom. The van der Waals surface area contributed by atoms with Crippen LogP contribution in [-0.2, 0) is 4.74 Å². The Hall–Kier alpha value is -0.960. The Labute approximate surface area is 78.6 Å². The molecular formula is C9H7BrO2. The van der Waals surface area contributed by atoms with Crippen LogP contribution >= 0.6 is 15.9 Å². The Morgan fingerprint density at radius 3 is 2.83 bits per heavy atom. The van der Waals surface area contributed by atoms with E-state index in [0.29, 0.717) is 5.76 Å². The largest absolute Gasteiger partial charge is 0.504 e. The molecular weight excluding hydrogens is 220 g/mol. The van der Waals surface area contributed by atoms with Gasteiger partial charge in [0.25, 0.3) is 0 Å². The summed E-state index contributed by atoms with van der Waals surface area (Å²) in [5.74, 6) is 0.811. The molecule has 0 saturated heterocycles. The first kappa shape index (κ1) is 7.68. The van der Waals surface area contributed by atoms with Crippen LogP contribution in [0.5, 0.6) is 0 Å². The molecule has 0 heterocycles. The minimum Gasteiger partial charge on any atom is -0.504 e. The zero-order chi connectivity index (χ0) is 8.72. The summed E-state index contributed by atoms with van der Waals surface area (Å²) in [5, 5.41) is 9.47. The van der Waals surface area contributed by atoms with E-state index < -0.39 is 0 Å². The molecule has 0 amide bonds. The number of hydrogen-bond acceptors (Lipinski definition) is 2. The number of rotatable bonds is 1. The summed E-state index contributed by atoms with van der Waals surface area (Å²) in [4.78, 5) is 0. The van der Waals surface area contributed by atoms with Crippen LogP contribution in [0.15, 0.2) is 22.7 Å². The molecule has 0 unspecified atom stereocenters. The number of halogens is 1. The fourth-order valence-electron chi connectivity index (χ4n) is 1.34. The topological polar surface area (TPSA) is 29.5 Å². The summed E-state index contributed by atoms with van der Waals surface area (Å²) >= 11 is 3.34. The Bertz CT molecular complexity index is 369. The standard InChI is InChI=1S/C9H7BrO2/c1-12-9-5-3-2-4-6(10)7(5)8(9)11/h2-4,11H,1H3. The fourth-order valence-corrected chi connectivity index (χ4v) is 1.89. The first-order chi connectivity index (χ1) is 5.75. The van der Waals surface area contributed by atoms with E-state index in [1.54, 1.807) is 7.11 Å².